The quantitative estimate of drug-likeness (QED) is 0.832. The highest BCUT2D eigenvalue weighted by atomic mass is 16.5. The predicted octanol–water partition coefficient (Wildman–Crippen LogP) is 2.91. The Kier molecular flexibility index (Phi) is 3.55. The van der Waals surface area contributed by atoms with Crippen LogP contribution >= 0.6 is 0 Å². The Morgan fingerprint density at radius 1 is 1.39 bits per heavy atom. The molecule has 0 aliphatic carbocycles. The van der Waals surface area contributed by atoms with E-state index in [0.29, 0.717) is 23.7 Å². The molecule has 1 unspecified atom stereocenters. The largest absolute Gasteiger partial charge is 0.487 e. The van der Waals surface area contributed by atoms with Gasteiger partial charge in [-0.15, -0.1) is 0 Å². The lowest BCUT2D eigenvalue weighted by molar-refractivity contribution is 0.0611. The van der Waals surface area contributed by atoms with E-state index in [-0.39, 0.29) is 23.3 Å². The number of anilines is 1. The Hall–Kier alpha value is -2.50. The summed E-state index contributed by atoms with van der Waals surface area (Å²) in [5.74, 6) is 1.19. The molecule has 23 heavy (non-hydrogen) atoms. The van der Waals surface area contributed by atoms with E-state index in [1.54, 1.807) is 19.9 Å². The van der Waals surface area contributed by atoms with E-state index in [2.05, 4.69) is 10.3 Å². The first-order valence-electron chi connectivity index (χ1n) is 7.58. The average molecular weight is 315 g/mol. The van der Waals surface area contributed by atoms with Gasteiger partial charge in [0.15, 0.2) is 5.89 Å². The monoisotopic (exact) mass is 315 g/mol. The van der Waals surface area contributed by atoms with Crippen molar-refractivity contribution in [2.45, 2.75) is 45.8 Å². The number of aromatic nitrogens is 1. The van der Waals surface area contributed by atoms with Gasteiger partial charge in [-0.1, -0.05) is 0 Å². The molecule has 2 heterocycles. The van der Waals surface area contributed by atoms with Crippen LogP contribution < -0.4 is 15.8 Å². The van der Waals surface area contributed by atoms with Gasteiger partial charge < -0.3 is 20.2 Å². The van der Waals surface area contributed by atoms with Crippen LogP contribution in [0.15, 0.2) is 22.6 Å². The Labute approximate surface area is 135 Å². The van der Waals surface area contributed by atoms with Crippen LogP contribution in [0.25, 0.3) is 0 Å². The summed E-state index contributed by atoms with van der Waals surface area (Å²) in [6, 6.07) is 5.28. The first kappa shape index (κ1) is 15.4. The molecule has 1 amide bonds. The zero-order valence-electron chi connectivity index (χ0n) is 13.8. The van der Waals surface area contributed by atoms with Crippen LogP contribution in [0.4, 0.5) is 5.69 Å². The van der Waals surface area contributed by atoms with Gasteiger partial charge in [-0.05, 0) is 39.0 Å². The molecule has 3 N–H and O–H groups in total. The number of nitrogen functional groups attached to an aromatic ring is 1. The molecule has 2 aromatic rings. The molecule has 3 rings (SSSR count). The lowest BCUT2D eigenvalue weighted by Gasteiger charge is -2.37. The normalized spacial score (nSPS) is 18.9. The van der Waals surface area contributed by atoms with E-state index in [4.69, 9.17) is 14.9 Å². The molecule has 6 nitrogen and oxygen atoms in total. The topological polar surface area (TPSA) is 90.4 Å². The fraction of sp³-hybridized carbons (Fsp3) is 0.412. The number of aryl methyl sites for hydroxylation is 2. The van der Waals surface area contributed by atoms with Crippen LogP contribution in [-0.2, 0) is 0 Å². The third-order valence-corrected chi connectivity index (χ3v) is 3.91. The number of benzene rings is 1. The fourth-order valence-corrected chi connectivity index (χ4v) is 2.97. The molecule has 0 fully saturated rings. The molecule has 0 spiro atoms. The lowest BCUT2D eigenvalue weighted by atomic mass is 9.89. The minimum Gasteiger partial charge on any atom is -0.487 e. The summed E-state index contributed by atoms with van der Waals surface area (Å²) < 4.78 is 11.4. The van der Waals surface area contributed by atoms with E-state index >= 15 is 0 Å². The summed E-state index contributed by atoms with van der Waals surface area (Å²) in [6.07, 6.45) is 0.640. The standard InChI is InChI=1S/C17H21N3O3/c1-9-15(22-10(2)19-9)16(21)20-13-8-17(3,4)23-14-6-5-11(18)7-12(13)14/h5-7,13H,8,18H2,1-4H3,(H,20,21). The van der Waals surface area contributed by atoms with Gasteiger partial charge in [0.2, 0.25) is 5.76 Å². The number of oxazole rings is 1. The van der Waals surface area contributed by atoms with Crippen molar-refractivity contribution in [1.82, 2.24) is 10.3 Å². The van der Waals surface area contributed by atoms with Gasteiger partial charge in [-0.3, -0.25) is 4.79 Å². The predicted molar refractivity (Wildman–Crippen MR) is 86.4 cm³/mol. The van der Waals surface area contributed by atoms with Crippen LogP contribution in [0.5, 0.6) is 5.75 Å². The van der Waals surface area contributed by atoms with Gasteiger partial charge >= 0.3 is 0 Å². The second-order valence-corrected chi connectivity index (χ2v) is 6.54. The Bertz CT molecular complexity index is 764. The van der Waals surface area contributed by atoms with Gasteiger partial charge in [0.05, 0.1) is 11.7 Å². The van der Waals surface area contributed by atoms with Gasteiger partial charge in [-0.2, -0.15) is 0 Å². The molecular weight excluding hydrogens is 294 g/mol. The van der Waals surface area contributed by atoms with E-state index < -0.39 is 0 Å². The number of rotatable bonds is 2. The zero-order valence-corrected chi connectivity index (χ0v) is 13.8. The van der Waals surface area contributed by atoms with Crippen molar-refractivity contribution in [1.29, 1.82) is 0 Å². The van der Waals surface area contributed by atoms with Crippen molar-refractivity contribution < 1.29 is 13.9 Å². The summed E-state index contributed by atoms with van der Waals surface area (Å²) in [5.41, 5.74) is 7.60. The number of hydrogen-bond acceptors (Lipinski definition) is 5. The van der Waals surface area contributed by atoms with Crippen LogP contribution in [0, 0.1) is 13.8 Å². The first-order valence-corrected chi connectivity index (χ1v) is 7.58. The third kappa shape index (κ3) is 3.02. The number of carbonyl (C=O) groups excluding carboxylic acids is 1. The van der Waals surface area contributed by atoms with Crippen molar-refractivity contribution in [2.75, 3.05) is 5.73 Å². The summed E-state index contributed by atoms with van der Waals surface area (Å²) >= 11 is 0. The number of nitrogens with zero attached hydrogens (tertiary/aromatic N) is 1. The van der Waals surface area contributed by atoms with E-state index in [9.17, 15) is 4.79 Å². The third-order valence-electron chi connectivity index (χ3n) is 3.91. The van der Waals surface area contributed by atoms with Crippen LogP contribution in [0.3, 0.4) is 0 Å². The maximum absolute atomic E-state index is 12.5. The fourth-order valence-electron chi connectivity index (χ4n) is 2.97. The van der Waals surface area contributed by atoms with Crippen LogP contribution in [0.1, 0.15) is 54.0 Å². The molecule has 0 saturated carbocycles. The molecule has 1 aromatic carbocycles. The number of ether oxygens (including phenoxy) is 1. The van der Waals surface area contributed by atoms with Crippen LogP contribution in [0.2, 0.25) is 0 Å². The molecule has 122 valence electrons. The van der Waals surface area contributed by atoms with Gasteiger partial charge in [0, 0.05) is 24.6 Å². The molecule has 0 saturated heterocycles. The zero-order chi connectivity index (χ0) is 16.8. The Morgan fingerprint density at radius 3 is 2.78 bits per heavy atom. The smallest absolute Gasteiger partial charge is 0.289 e. The second kappa shape index (κ2) is 5.30. The highest BCUT2D eigenvalue weighted by molar-refractivity contribution is 5.92. The molecule has 0 bridgehead atoms. The van der Waals surface area contributed by atoms with E-state index in [1.165, 1.54) is 0 Å². The number of amides is 1. The van der Waals surface area contributed by atoms with Crippen molar-refractivity contribution in [3.8, 4) is 5.75 Å². The van der Waals surface area contributed by atoms with Crippen molar-refractivity contribution in [3.05, 3.63) is 41.1 Å². The van der Waals surface area contributed by atoms with Gasteiger partial charge in [0.1, 0.15) is 11.4 Å². The molecular formula is C17H21N3O3. The lowest BCUT2D eigenvalue weighted by Crippen LogP contribution is -2.41. The number of carbonyl (C=O) groups is 1. The van der Waals surface area contributed by atoms with Crippen molar-refractivity contribution >= 4 is 11.6 Å². The first-order chi connectivity index (χ1) is 10.7. The molecule has 6 heteroatoms. The summed E-state index contributed by atoms with van der Waals surface area (Å²) in [5, 5.41) is 3.02. The second-order valence-electron chi connectivity index (χ2n) is 6.54. The summed E-state index contributed by atoms with van der Waals surface area (Å²) in [6.45, 7) is 7.47. The molecule has 1 aromatic heterocycles. The van der Waals surface area contributed by atoms with Crippen LogP contribution in [-0.4, -0.2) is 16.5 Å². The molecule has 1 atom stereocenters. The molecule has 1 aliphatic rings. The highest BCUT2D eigenvalue weighted by Gasteiger charge is 2.35. The minimum atomic E-state index is -0.382. The maximum atomic E-state index is 12.5. The highest BCUT2D eigenvalue weighted by Crippen LogP contribution is 2.40. The number of fused-ring (bicyclic) bond motifs is 1. The maximum Gasteiger partial charge on any atom is 0.289 e. The SMILES string of the molecule is Cc1nc(C)c(C(=O)NC2CC(C)(C)Oc3ccc(N)cc32)o1. The van der Waals surface area contributed by atoms with Gasteiger partial charge in [-0.25, -0.2) is 4.98 Å². The Morgan fingerprint density at radius 2 is 2.13 bits per heavy atom. The molecule has 1 aliphatic heterocycles. The van der Waals surface area contributed by atoms with E-state index in [1.807, 2.05) is 26.0 Å². The summed E-state index contributed by atoms with van der Waals surface area (Å²) in [7, 11) is 0. The van der Waals surface area contributed by atoms with E-state index in [0.717, 1.165) is 11.3 Å². The average Bonchev–Trinajstić information content (AvgIpc) is 2.78. The number of nitrogens with one attached hydrogen (secondary N) is 1. The number of nitrogens with two attached hydrogens (primary N) is 1. The van der Waals surface area contributed by atoms with Crippen molar-refractivity contribution in [2.24, 2.45) is 0 Å². The minimum absolute atomic E-state index is 0.199. The Balaban J connectivity index is 1.92. The summed E-state index contributed by atoms with van der Waals surface area (Å²) in [4.78, 5) is 16.7. The molecule has 0 radical (unpaired) electrons. The van der Waals surface area contributed by atoms with Crippen molar-refractivity contribution in [3.63, 3.8) is 0 Å². The van der Waals surface area contributed by atoms with Gasteiger partial charge in [0.25, 0.3) is 5.91 Å². The number of hydrogen-bond donors (Lipinski definition) is 2.